The molecule has 1 heterocycles. The molecule has 0 aliphatic rings. The molecule has 3 rings (SSSR count). The van der Waals surface area contributed by atoms with Crippen molar-refractivity contribution in [1.29, 1.82) is 0 Å². The van der Waals surface area contributed by atoms with Crippen LogP contribution in [0.4, 0.5) is 0 Å². The van der Waals surface area contributed by atoms with Gasteiger partial charge in [0.05, 0.1) is 11.4 Å². The zero-order valence-corrected chi connectivity index (χ0v) is 10.6. The summed E-state index contributed by atoms with van der Waals surface area (Å²) in [4.78, 5) is 11.9. The topological polar surface area (TPSA) is 55.1 Å². The number of aromatic nitrogens is 2. The predicted octanol–water partition coefficient (Wildman–Crippen LogP) is 2.61. The zero-order valence-electron chi connectivity index (χ0n) is 10.6. The molecule has 0 amide bonds. The molecular formula is C16H12N2O2. The molecule has 20 heavy (non-hydrogen) atoms. The van der Waals surface area contributed by atoms with Gasteiger partial charge in [0.1, 0.15) is 5.75 Å². The summed E-state index contributed by atoms with van der Waals surface area (Å²) in [6, 6.07) is 19.1. The summed E-state index contributed by atoms with van der Waals surface area (Å²) in [6.07, 6.45) is 0. The number of aromatic hydroxyl groups is 1. The minimum absolute atomic E-state index is 0.182. The molecule has 0 spiro atoms. The number of phenols is 1. The van der Waals surface area contributed by atoms with Crippen molar-refractivity contribution >= 4 is 0 Å². The number of hydrogen-bond donors (Lipinski definition) is 1. The summed E-state index contributed by atoms with van der Waals surface area (Å²) in [6.45, 7) is 0. The van der Waals surface area contributed by atoms with Gasteiger partial charge in [-0.3, -0.25) is 4.79 Å². The molecule has 4 nitrogen and oxygen atoms in total. The SMILES string of the molecule is O=c1ccc(-c2ccc(O)cc2)nn1-c1ccccc1. The van der Waals surface area contributed by atoms with Gasteiger partial charge in [-0.15, -0.1) is 0 Å². The molecule has 0 saturated heterocycles. The smallest absolute Gasteiger partial charge is 0.271 e. The van der Waals surface area contributed by atoms with Crippen LogP contribution in [0.25, 0.3) is 16.9 Å². The molecule has 0 unspecified atom stereocenters. The minimum atomic E-state index is -0.182. The first kappa shape index (κ1) is 12.2. The van der Waals surface area contributed by atoms with Gasteiger partial charge in [0.2, 0.25) is 0 Å². The Labute approximate surface area is 115 Å². The maximum atomic E-state index is 11.9. The minimum Gasteiger partial charge on any atom is -0.508 e. The first-order valence-corrected chi connectivity index (χ1v) is 6.19. The van der Waals surface area contributed by atoms with Crippen LogP contribution in [0.3, 0.4) is 0 Å². The lowest BCUT2D eigenvalue weighted by Crippen LogP contribution is -2.20. The predicted molar refractivity (Wildman–Crippen MR) is 76.9 cm³/mol. The molecule has 0 atom stereocenters. The van der Waals surface area contributed by atoms with E-state index in [2.05, 4.69) is 5.10 Å². The van der Waals surface area contributed by atoms with Crippen molar-refractivity contribution in [3.8, 4) is 22.7 Å². The largest absolute Gasteiger partial charge is 0.508 e. The van der Waals surface area contributed by atoms with E-state index in [4.69, 9.17) is 0 Å². The molecule has 0 aliphatic carbocycles. The number of para-hydroxylation sites is 1. The highest BCUT2D eigenvalue weighted by Gasteiger charge is 2.05. The first-order valence-electron chi connectivity index (χ1n) is 6.19. The fourth-order valence-electron chi connectivity index (χ4n) is 1.95. The molecule has 2 aromatic carbocycles. The van der Waals surface area contributed by atoms with Crippen molar-refractivity contribution in [2.24, 2.45) is 0 Å². The molecule has 0 radical (unpaired) electrons. The zero-order chi connectivity index (χ0) is 13.9. The molecule has 4 heteroatoms. The van der Waals surface area contributed by atoms with Crippen LogP contribution in [-0.4, -0.2) is 14.9 Å². The van der Waals surface area contributed by atoms with Gasteiger partial charge < -0.3 is 5.11 Å². The first-order chi connectivity index (χ1) is 9.74. The number of nitrogens with zero attached hydrogens (tertiary/aromatic N) is 2. The van der Waals surface area contributed by atoms with Crippen molar-refractivity contribution in [2.45, 2.75) is 0 Å². The molecular weight excluding hydrogens is 252 g/mol. The average Bonchev–Trinajstić information content (AvgIpc) is 2.50. The third-order valence-corrected chi connectivity index (χ3v) is 2.96. The third-order valence-electron chi connectivity index (χ3n) is 2.96. The van der Waals surface area contributed by atoms with Crippen molar-refractivity contribution in [3.63, 3.8) is 0 Å². The molecule has 3 aromatic rings. The van der Waals surface area contributed by atoms with Gasteiger partial charge in [0.15, 0.2) is 0 Å². The summed E-state index contributed by atoms with van der Waals surface area (Å²) < 4.78 is 1.36. The Hall–Kier alpha value is -2.88. The highest BCUT2D eigenvalue weighted by molar-refractivity contribution is 5.59. The summed E-state index contributed by atoms with van der Waals surface area (Å²) in [5, 5.41) is 13.7. The summed E-state index contributed by atoms with van der Waals surface area (Å²) >= 11 is 0. The Kier molecular flexibility index (Phi) is 3.05. The van der Waals surface area contributed by atoms with Crippen molar-refractivity contribution < 1.29 is 5.11 Å². The Balaban J connectivity index is 2.12. The van der Waals surface area contributed by atoms with Gasteiger partial charge >= 0.3 is 0 Å². The number of rotatable bonds is 2. The highest BCUT2D eigenvalue weighted by Crippen LogP contribution is 2.19. The van der Waals surface area contributed by atoms with E-state index in [1.54, 1.807) is 30.3 Å². The lowest BCUT2D eigenvalue weighted by atomic mass is 10.1. The van der Waals surface area contributed by atoms with Crippen LogP contribution in [0.15, 0.2) is 71.5 Å². The quantitative estimate of drug-likeness (QED) is 0.774. The highest BCUT2D eigenvalue weighted by atomic mass is 16.3. The van der Waals surface area contributed by atoms with Crippen LogP contribution in [0.1, 0.15) is 0 Å². The Morgan fingerprint density at radius 1 is 0.850 bits per heavy atom. The average molecular weight is 264 g/mol. The van der Waals surface area contributed by atoms with Crippen LogP contribution in [0.2, 0.25) is 0 Å². The van der Waals surface area contributed by atoms with Gasteiger partial charge in [-0.2, -0.15) is 9.78 Å². The third kappa shape index (κ3) is 2.31. The molecule has 1 N–H and O–H groups in total. The molecule has 0 fully saturated rings. The molecule has 0 bridgehead atoms. The van der Waals surface area contributed by atoms with Gasteiger partial charge in [-0.05, 0) is 42.5 Å². The maximum absolute atomic E-state index is 11.9. The Morgan fingerprint density at radius 2 is 1.55 bits per heavy atom. The second-order valence-corrected chi connectivity index (χ2v) is 4.35. The van der Waals surface area contributed by atoms with E-state index in [-0.39, 0.29) is 11.3 Å². The van der Waals surface area contributed by atoms with Crippen LogP contribution in [0, 0.1) is 0 Å². The monoisotopic (exact) mass is 264 g/mol. The van der Waals surface area contributed by atoms with Crippen molar-refractivity contribution in [2.75, 3.05) is 0 Å². The van der Waals surface area contributed by atoms with Crippen LogP contribution in [0.5, 0.6) is 5.75 Å². The molecule has 98 valence electrons. The lowest BCUT2D eigenvalue weighted by molar-refractivity contribution is 0.475. The van der Waals surface area contributed by atoms with E-state index in [0.717, 1.165) is 11.3 Å². The normalized spacial score (nSPS) is 10.4. The second-order valence-electron chi connectivity index (χ2n) is 4.35. The number of phenolic OH excluding ortho intramolecular Hbond substituents is 1. The Morgan fingerprint density at radius 3 is 2.25 bits per heavy atom. The van der Waals surface area contributed by atoms with Gasteiger partial charge in [-0.1, -0.05) is 18.2 Å². The van der Waals surface area contributed by atoms with E-state index >= 15 is 0 Å². The van der Waals surface area contributed by atoms with Crippen LogP contribution in [-0.2, 0) is 0 Å². The Bertz CT molecular complexity index is 778. The van der Waals surface area contributed by atoms with Gasteiger partial charge in [0.25, 0.3) is 5.56 Å². The molecule has 1 aromatic heterocycles. The molecule has 0 saturated carbocycles. The number of hydrogen-bond acceptors (Lipinski definition) is 3. The summed E-state index contributed by atoms with van der Waals surface area (Å²) in [5.41, 5.74) is 2.05. The fourth-order valence-corrected chi connectivity index (χ4v) is 1.95. The van der Waals surface area contributed by atoms with Crippen molar-refractivity contribution in [3.05, 3.63) is 77.1 Å². The van der Waals surface area contributed by atoms with Crippen LogP contribution < -0.4 is 5.56 Å². The fraction of sp³-hybridized carbons (Fsp3) is 0. The van der Waals surface area contributed by atoms with E-state index in [1.807, 2.05) is 30.3 Å². The van der Waals surface area contributed by atoms with Crippen LogP contribution >= 0.6 is 0 Å². The van der Waals surface area contributed by atoms with Gasteiger partial charge in [-0.25, -0.2) is 0 Å². The summed E-state index contributed by atoms with van der Waals surface area (Å²) in [5.74, 6) is 0.199. The standard InChI is InChI=1S/C16H12N2O2/c19-14-8-6-12(7-9-14)15-10-11-16(20)18(17-15)13-4-2-1-3-5-13/h1-11,19H. The maximum Gasteiger partial charge on any atom is 0.271 e. The molecule has 0 aliphatic heterocycles. The van der Waals surface area contributed by atoms with Crippen molar-refractivity contribution in [1.82, 2.24) is 9.78 Å². The van der Waals surface area contributed by atoms with E-state index in [0.29, 0.717) is 5.69 Å². The van der Waals surface area contributed by atoms with E-state index < -0.39 is 0 Å². The van der Waals surface area contributed by atoms with E-state index in [1.165, 1.54) is 10.7 Å². The van der Waals surface area contributed by atoms with Gasteiger partial charge in [0, 0.05) is 11.6 Å². The second kappa shape index (κ2) is 5.01. The lowest BCUT2D eigenvalue weighted by Gasteiger charge is -2.07. The summed E-state index contributed by atoms with van der Waals surface area (Å²) in [7, 11) is 0. The number of benzene rings is 2. The van der Waals surface area contributed by atoms with E-state index in [9.17, 15) is 9.90 Å².